The number of hydrogen-bond donors (Lipinski definition) is 1. The Kier molecular flexibility index (Phi) is 7.71. The molecular weight excluding hydrogens is 387 g/mol. The molecule has 0 radical (unpaired) electrons. The highest BCUT2D eigenvalue weighted by molar-refractivity contribution is 5.82. The quantitative estimate of drug-likeness (QED) is 0.334. The molecule has 31 heavy (non-hydrogen) atoms. The van der Waals surface area contributed by atoms with E-state index >= 15 is 0 Å². The Morgan fingerprint density at radius 2 is 1.81 bits per heavy atom. The van der Waals surface area contributed by atoms with E-state index in [-0.39, 0.29) is 0 Å². The van der Waals surface area contributed by atoms with Gasteiger partial charge in [-0.1, -0.05) is 43.5 Å². The normalized spacial score (nSPS) is 15.4. The van der Waals surface area contributed by atoms with Crippen LogP contribution in [0.2, 0.25) is 0 Å². The monoisotopic (exact) mass is 422 g/mol. The van der Waals surface area contributed by atoms with Crippen molar-refractivity contribution in [3.8, 4) is 0 Å². The molecule has 2 aromatic heterocycles. The maximum Gasteiger partial charge on any atom is 0.212 e. The average molecular weight is 423 g/mol. The van der Waals surface area contributed by atoms with Crippen molar-refractivity contribution in [2.45, 2.75) is 64.1 Å². The van der Waals surface area contributed by atoms with Crippen LogP contribution in [-0.4, -0.2) is 45.9 Å². The summed E-state index contributed by atoms with van der Waals surface area (Å²) in [5.41, 5.74) is 3.54. The molecule has 1 aliphatic rings. The zero-order valence-electron chi connectivity index (χ0n) is 18.7. The van der Waals surface area contributed by atoms with Crippen molar-refractivity contribution in [3.05, 3.63) is 65.9 Å². The van der Waals surface area contributed by atoms with Crippen molar-refractivity contribution in [2.75, 3.05) is 20.1 Å². The highest BCUT2D eigenvalue weighted by atomic mass is 19.1. The molecule has 1 saturated carbocycles. The Balaban J connectivity index is 1.35. The SMILES string of the molecule is CN(CCCCN(Cc1ccc(F)nc1)Cc1c[nH]c2ccccc12)C1CCCCC1. The first-order valence-corrected chi connectivity index (χ1v) is 11.8. The lowest BCUT2D eigenvalue weighted by atomic mass is 9.94. The van der Waals surface area contributed by atoms with Gasteiger partial charge in [0, 0.05) is 42.4 Å². The van der Waals surface area contributed by atoms with Crippen LogP contribution in [0.1, 0.15) is 56.1 Å². The fourth-order valence-corrected chi connectivity index (χ4v) is 4.88. The van der Waals surface area contributed by atoms with Crippen molar-refractivity contribution in [1.29, 1.82) is 0 Å². The fourth-order valence-electron chi connectivity index (χ4n) is 4.88. The highest BCUT2D eigenvalue weighted by Gasteiger charge is 2.17. The van der Waals surface area contributed by atoms with Crippen LogP contribution >= 0.6 is 0 Å². The average Bonchev–Trinajstić information content (AvgIpc) is 3.21. The van der Waals surface area contributed by atoms with Gasteiger partial charge in [0.15, 0.2) is 0 Å². The second kappa shape index (κ2) is 10.9. The number of halogens is 1. The van der Waals surface area contributed by atoms with Crippen LogP contribution in [-0.2, 0) is 13.1 Å². The lowest BCUT2D eigenvalue weighted by Crippen LogP contribution is -2.34. The molecule has 0 unspecified atom stereocenters. The van der Waals surface area contributed by atoms with Crippen LogP contribution in [0.25, 0.3) is 10.9 Å². The number of hydrogen-bond acceptors (Lipinski definition) is 3. The van der Waals surface area contributed by atoms with Gasteiger partial charge in [0.1, 0.15) is 0 Å². The molecule has 3 aromatic rings. The molecule has 2 heterocycles. The topological polar surface area (TPSA) is 35.2 Å². The third kappa shape index (κ3) is 6.14. The summed E-state index contributed by atoms with van der Waals surface area (Å²) in [6, 6.07) is 12.5. The first-order chi connectivity index (χ1) is 15.2. The second-order valence-electron chi connectivity index (χ2n) is 9.04. The van der Waals surface area contributed by atoms with Crippen molar-refractivity contribution in [2.24, 2.45) is 0 Å². The van der Waals surface area contributed by atoms with Crippen LogP contribution in [0.4, 0.5) is 4.39 Å². The molecule has 4 rings (SSSR count). The number of rotatable bonds is 10. The number of nitrogens with zero attached hydrogens (tertiary/aromatic N) is 3. The van der Waals surface area contributed by atoms with Crippen LogP contribution < -0.4 is 0 Å². The predicted molar refractivity (Wildman–Crippen MR) is 125 cm³/mol. The van der Waals surface area contributed by atoms with Crippen molar-refractivity contribution < 1.29 is 4.39 Å². The largest absolute Gasteiger partial charge is 0.361 e. The second-order valence-corrected chi connectivity index (χ2v) is 9.04. The summed E-state index contributed by atoms with van der Waals surface area (Å²) in [4.78, 5) is 12.3. The number of aromatic nitrogens is 2. The predicted octanol–water partition coefficient (Wildman–Crippen LogP) is 5.75. The summed E-state index contributed by atoms with van der Waals surface area (Å²) in [6.45, 7) is 3.85. The molecule has 0 spiro atoms. The lowest BCUT2D eigenvalue weighted by molar-refractivity contribution is 0.182. The highest BCUT2D eigenvalue weighted by Crippen LogP contribution is 2.23. The summed E-state index contributed by atoms with van der Waals surface area (Å²) in [6.07, 6.45) is 13.1. The molecule has 1 fully saturated rings. The third-order valence-corrected chi connectivity index (χ3v) is 6.70. The molecule has 166 valence electrons. The summed E-state index contributed by atoms with van der Waals surface area (Å²) in [7, 11) is 2.30. The van der Waals surface area contributed by atoms with E-state index < -0.39 is 5.95 Å². The lowest BCUT2D eigenvalue weighted by Gasteiger charge is -2.31. The smallest absolute Gasteiger partial charge is 0.212 e. The number of unbranched alkanes of at least 4 members (excludes halogenated alkanes) is 1. The van der Waals surface area contributed by atoms with Gasteiger partial charge in [0.05, 0.1) is 0 Å². The van der Waals surface area contributed by atoms with Gasteiger partial charge in [0.25, 0.3) is 0 Å². The fraction of sp³-hybridized carbons (Fsp3) is 0.500. The molecule has 0 atom stereocenters. The molecule has 0 aliphatic heterocycles. The van der Waals surface area contributed by atoms with Gasteiger partial charge >= 0.3 is 0 Å². The number of fused-ring (bicyclic) bond motifs is 1. The molecule has 1 aliphatic carbocycles. The first kappa shape index (κ1) is 22.0. The summed E-state index contributed by atoms with van der Waals surface area (Å²) < 4.78 is 13.2. The summed E-state index contributed by atoms with van der Waals surface area (Å²) in [5.74, 6) is -0.419. The van der Waals surface area contributed by atoms with E-state index in [0.717, 1.165) is 37.7 Å². The van der Waals surface area contributed by atoms with E-state index in [1.165, 1.54) is 67.6 Å². The summed E-state index contributed by atoms with van der Waals surface area (Å²) in [5, 5.41) is 1.28. The Labute approximate surface area is 185 Å². The Hall–Kier alpha value is -2.24. The summed E-state index contributed by atoms with van der Waals surface area (Å²) >= 11 is 0. The number of aromatic amines is 1. The maximum absolute atomic E-state index is 13.2. The molecule has 0 amide bonds. The van der Waals surface area contributed by atoms with Crippen LogP contribution in [0, 0.1) is 5.95 Å². The number of benzene rings is 1. The molecule has 1 aromatic carbocycles. The minimum Gasteiger partial charge on any atom is -0.361 e. The molecule has 0 bridgehead atoms. The zero-order chi connectivity index (χ0) is 21.5. The third-order valence-electron chi connectivity index (χ3n) is 6.70. The van der Waals surface area contributed by atoms with E-state index in [2.05, 4.69) is 57.3 Å². The number of nitrogens with one attached hydrogen (secondary N) is 1. The molecule has 1 N–H and O–H groups in total. The Morgan fingerprint density at radius 1 is 1.00 bits per heavy atom. The molecule has 0 saturated heterocycles. The van der Waals surface area contributed by atoms with Crippen molar-refractivity contribution >= 4 is 10.9 Å². The first-order valence-electron chi connectivity index (χ1n) is 11.8. The maximum atomic E-state index is 13.2. The molecule has 5 heteroatoms. The molecule has 4 nitrogen and oxygen atoms in total. The van der Waals surface area contributed by atoms with Gasteiger partial charge in [-0.15, -0.1) is 0 Å². The molecular formula is C26H35FN4. The van der Waals surface area contributed by atoms with Gasteiger partial charge in [-0.05, 0) is 69.1 Å². The van der Waals surface area contributed by atoms with E-state index in [0.29, 0.717) is 0 Å². The van der Waals surface area contributed by atoms with Gasteiger partial charge in [-0.2, -0.15) is 4.39 Å². The van der Waals surface area contributed by atoms with Gasteiger partial charge in [0.2, 0.25) is 5.95 Å². The zero-order valence-corrected chi connectivity index (χ0v) is 18.7. The van der Waals surface area contributed by atoms with Gasteiger partial charge in [-0.25, -0.2) is 4.98 Å². The van der Waals surface area contributed by atoms with Crippen LogP contribution in [0.5, 0.6) is 0 Å². The number of H-pyrrole nitrogens is 1. The number of para-hydroxylation sites is 1. The standard InChI is InChI=1S/C26H35FN4/c1-30(23-9-3-2-4-10-23)15-7-8-16-31(19-21-13-14-26(27)29-17-21)20-22-18-28-25-12-6-5-11-24(22)25/h5-6,11-14,17-18,23,28H,2-4,7-10,15-16,19-20H2,1H3. The van der Waals surface area contributed by atoms with Crippen LogP contribution in [0.15, 0.2) is 48.8 Å². The van der Waals surface area contributed by atoms with Gasteiger partial charge < -0.3 is 9.88 Å². The van der Waals surface area contributed by atoms with E-state index in [9.17, 15) is 4.39 Å². The van der Waals surface area contributed by atoms with Crippen molar-refractivity contribution in [3.63, 3.8) is 0 Å². The van der Waals surface area contributed by atoms with E-state index in [1.54, 1.807) is 6.20 Å². The van der Waals surface area contributed by atoms with E-state index in [4.69, 9.17) is 0 Å². The van der Waals surface area contributed by atoms with Crippen LogP contribution in [0.3, 0.4) is 0 Å². The van der Waals surface area contributed by atoms with E-state index in [1.807, 2.05) is 6.07 Å². The van der Waals surface area contributed by atoms with Crippen molar-refractivity contribution in [1.82, 2.24) is 19.8 Å². The van der Waals surface area contributed by atoms with Gasteiger partial charge in [-0.3, -0.25) is 4.90 Å². The number of pyridine rings is 1. The Bertz CT molecular complexity index is 930. The minimum atomic E-state index is -0.419. The minimum absolute atomic E-state index is 0.419. The Morgan fingerprint density at radius 3 is 2.61 bits per heavy atom.